The molecule has 0 aromatic rings. The third-order valence-corrected chi connectivity index (χ3v) is 2.77. The first-order valence-corrected chi connectivity index (χ1v) is 6.31. The molecule has 0 radical (unpaired) electrons. The second-order valence-electron chi connectivity index (χ2n) is 4.39. The van der Waals surface area contributed by atoms with E-state index >= 15 is 0 Å². The predicted molar refractivity (Wildman–Crippen MR) is 70.8 cm³/mol. The molecule has 3 atom stereocenters. The van der Waals surface area contributed by atoms with Crippen molar-refractivity contribution in [2.24, 2.45) is 5.73 Å². The Morgan fingerprint density at radius 3 is 1.76 bits per heavy atom. The molecule has 0 aliphatic carbocycles. The van der Waals surface area contributed by atoms with Crippen molar-refractivity contribution in [2.45, 2.75) is 31.0 Å². The van der Waals surface area contributed by atoms with Crippen molar-refractivity contribution < 1.29 is 34.8 Å². The Bertz CT molecular complexity index is 364. The second-order valence-corrected chi connectivity index (χ2v) is 4.39. The first-order valence-electron chi connectivity index (χ1n) is 6.31. The maximum atomic E-state index is 11.0. The molecule has 0 saturated carbocycles. The van der Waals surface area contributed by atoms with Crippen molar-refractivity contribution >= 4 is 17.9 Å². The van der Waals surface area contributed by atoms with Crippen LogP contribution in [0, 0.1) is 0 Å². The maximum Gasteiger partial charge on any atom is 0.323 e. The number of hydrogen-bond acceptors (Lipinski definition) is 7. The third-order valence-electron chi connectivity index (χ3n) is 2.77. The largest absolute Gasteiger partial charge is 0.480 e. The molecule has 0 bridgehead atoms. The van der Waals surface area contributed by atoms with Crippen LogP contribution in [0.5, 0.6) is 0 Å². The van der Waals surface area contributed by atoms with Crippen molar-refractivity contribution in [3.8, 4) is 0 Å². The molecule has 0 unspecified atom stereocenters. The Balaban J connectivity index is 4.11. The summed E-state index contributed by atoms with van der Waals surface area (Å²) in [4.78, 5) is 32.1. The summed E-state index contributed by atoms with van der Waals surface area (Å²) < 4.78 is 0. The second kappa shape index (κ2) is 10.0. The van der Waals surface area contributed by atoms with Crippen LogP contribution in [0.1, 0.15) is 12.8 Å². The normalized spacial score (nSPS) is 15.1. The number of carboxylic acids is 3. The molecule has 0 spiro atoms. The van der Waals surface area contributed by atoms with Crippen LogP contribution in [0.3, 0.4) is 0 Å². The number of nitrogens with two attached hydrogens (primary N) is 1. The molecule has 0 saturated heterocycles. The highest BCUT2D eigenvalue weighted by atomic mass is 16.4. The number of aliphatic hydroxyl groups excluding tert-OH is 1. The van der Waals surface area contributed by atoms with Crippen LogP contribution in [0.25, 0.3) is 0 Å². The summed E-state index contributed by atoms with van der Waals surface area (Å²) in [6.07, 6.45) is 0.141. The lowest BCUT2D eigenvalue weighted by molar-refractivity contribution is -0.140. The molecule has 21 heavy (non-hydrogen) atoms. The molecule has 0 heterocycles. The highest BCUT2D eigenvalue weighted by Gasteiger charge is 2.20. The quantitative estimate of drug-likeness (QED) is 0.199. The van der Waals surface area contributed by atoms with E-state index in [4.69, 9.17) is 26.2 Å². The molecule has 122 valence electrons. The van der Waals surface area contributed by atoms with Gasteiger partial charge in [0.1, 0.15) is 18.1 Å². The van der Waals surface area contributed by atoms with Crippen molar-refractivity contribution in [1.29, 1.82) is 0 Å². The Hall–Kier alpha value is -1.75. The number of rotatable bonds is 12. The van der Waals surface area contributed by atoms with Gasteiger partial charge >= 0.3 is 17.9 Å². The zero-order valence-electron chi connectivity index (χ0n) is 11.4. The van der Waals surface area contributed by atoms with Gasteiger partial charge in [-0.3, -0.25) is 14.4 Å². The SMILES string of the molecule is N[C@@H](CCN[C@@H](CCN[C@@H](CO)C(=O)O)C(=O)O)C(=O)O. The van der Waals surface area contributed by atoms with Crippen LogP contribution in [0.4, 0.5) is 0 Å². The van der Waals surface area contributed by atoms with Crippen molar-refractivity contribution in [3.05, 3.63) is 0 Å². The van der Waals surface area contributed by atoms with Gasteiger partial charge in [-0.05, 0) is 25.9 Å². The monoisotopic (exact) mass is 307 g/mol. The minimum Gasteiger partial charge on any atom is -0.480 e. The Morgan fingerprint density at radius 2 is 1.33 bits per heavy atom. The zero-order chi connectivity index (χ0) is 16.4. The molecule has 0 fully saturated rings. The molecule has 10 nitrogen and oxygen atoms in total. The van der Waals surface area contributed by atoms with Crippen molar-refractivity contribution in [2.75, 3.05) is 19.7 Å². The third kappa shape index (κ3) is 8.19. The van der Waals surface area contributed by atoms with Crippen LogP contribution >= 0.6 is 0 Å². The molecule has 0 rings (SSSR count). The number of carbonyl (C=O) groups is 3. The molecule has 10 heteroatoms. The van der Waals surface area contributed by atoms with E-state index in [9.17, 15) is 14.4 Å². The van der Waals surface area contributed by atoms with Gasteiger partial charge in [-0.2, -0.15) is 0 Å². The molecule has 0 aliphatic rings. The lowest BCUT2D eigenvalue weighted by Crippen LogP contribution is -2.45. The zero-order valence-corrected chi connectivity index (χ0v) is 11.4. The molecular formula is C11H21N3O7. The summed E-state index contributed by atoms with van der Waals surface area (Å²) in [6.45, 7) is -0.437. The van der Waals surface area contributed by atoms with Crippen LogP contribution in [-0.2, 0) is 14.4 Å². The van der Waals surface area contributed by atoms with Crippen molar-refractivity contribution in [3.63, 3.8) is 0 Å². The molecule has 0 aliphatic heterocycles. The van der Waals surface area contributed by atoms with E-state index in [0.29, 0.717) is 0 Å². The fraction of sp³-hybridized carbons (Fsp3) is 0.727. The molecular weight excluding hydrogens is 286 g/mol. The van der Waals surface area contributed by atoms with Crippen LogP contribution in [0.15, 0.2) is 0 Å². The van der Waals surface area contributed by atoms with Crippen molar-refractivity contribution in [1.82, 2.24) is 10.6 Å². The van der Waals surface area contributed by atoms with Crippen LogP contribution in [-0.4, -0.2) is 76.2 Å². The summed E-state index contributed by atoms with van der Waals surface area (Å²) in [6, 6.07) is -3.19. The topological polar surface area (TPSA) is 182 Å². The first-order chi connectivity index (χ1) is 9.79. The number of hydrogen-bond donors (Lipinski definition) is 7. The van der Waals surface area contributed by atoms with Gasteiger partial charge in [-0.1, -0.05) is 0 Å². The minimum atomic E-state index is -1.23. The number of carboxylic acid groups (broad SMARTS) is 3. The average Bonchev–Trinajstić information content (AvgIpc) is 2.40. The fourth-order valence-corrected chi connectivity index (χ4v) is 1.48. The van der Waals surface area contributed by atoms with E-state index in [1.807, 2.05) is 0 Å². The number of aliphatic hydroxyl groups is 1. The lowest BCUT2D eigenvalue weighted by atomic mass is 10.1. The van der Waals surface area contributed by atoms with Gasteiger partial charge in [0.05, 0.1) is 6.61 Å². The van der Waals surface area contributed by atoms with Crippen LogP contribution in [0.2, 0.25) is 0 Å². The number of aliphatic carboxylic acids is 3. The predicted octanol–water partition coefficient (Wildman–Crippen LogP) is -2.74. The van der Waals surface area contributed by atoms with Gasteiger partial charge in [0.2, 0.25) is 0 Å². The van der Waals surface area contributed by atoms with E-state index in [2.05, 4.69) is 10.6 Å². The molecule has 8 N–H and O–H groups in total. The van der Waals surface area contributed by atoms with E-state index in [1.165, 1.54) is 0 Å². The molecule has 0 aromatic carbocycles. The Labute approximate surface area is 120 Å². The summed E-state index contributed by atoms with van der Waals surface area (Å²) in [7, 11) is 0. The summed E-state index contributed by atoms with van der Waals surface area (Å²) in [5.74, 6) is -3.54. The number of nitrogens with one attached hydrogen (secondary N) is 2. The van der Waals surface area contributed by atoms with Gasteiger partial charge in [0, 0.05) is 0 Å². The van der Waals surface area contributed by atoms with Gasteiger partial charge < -0.3 is 36.8 Å². The standard InChI is InChI=1S/C11H21N3O7/c12-6(9(16)17)1-3-13-7(10(18)19)2-4-14-8(5-15)11(20)21/h6-8,13-15H,1-5,12H2,(H,16,17)(H,18,19)(H,20,21)/t6-,7-,8-/m0/s1. The summed E-state index contributed by atoms with van der Waals surface area (Å²) >= 11 is 0. The smallest absolute Gasteiger partial charge is 0.323 e. The van der Waals surface area contributed by atoms with Gasteiger partial charge in [-0.15, -0.1) is 0 Å². The maximum absolute atomic E-state index is 11.0. The van der Waals surface area contributed by atoms with E-state index < -0.39 is 42.6 Å². The highest BCUT2D eigenvalue weighted by Crippen LogP contribution is 1.95. The van der Waals surface area contributed by atoms with E-state index in [-0.39, 0.29) is 25.9 Å². The van der Waals surface area contributed by atoms with Gasteiger partial charge in [0.15, 0.2) is 0 Å². The average molecular weight is 307 g/mol. The molecule has 0 aromatic heterocycles. The highest BCUT2D eigenvalue weighted by molar-refractivity contribution is 5.74. The Kier molecular flexibility index (Phi) is 9.21. The fourth-order valence-electron chi connectivity index (χ4n) is 1.48. The first kappa shape index (κ1) is 19.2. The van der Waals surface area contributed by atoms with E-state index in [1.54, 1.807) is 0 Å². The van der Waals surface area contributed by atoms with Gasteiger partial charge in [0.25, 0.3) is 0 Å². The van der Waals surface area contributed by atoms with E-state index in [0.717, 1.165) is 0 Å². The summed E-state index contributed by atoms with van der Waals surface area (Å²) in [5.41, 5.74) is 5.28. The minimum absolute atomic E-state index is 0.0620. The van der Waals surface area contributed by atoms with Gasteiger partial charge in [-0.25, -0.2) is 0 Å². The Morgan fingerprint density at radius 1 is 0.857 bits per heavy atom. The molecule has 0 amide bonds. The summed E-state index contributed by atoms with van der Waals surface area (Å²) in [5, 5.41) is 40.1. The van der Waals surface area contributed by atoms with Crippen LogP contribution < -0.4 is 16.4 Å². The lowest BCUT2D eigenvalue weighted by Gasteiger charge is -2.17.